The van der Waals surface area contributed by atoms with E-state index in [2.05, 4.69) is 5.32 Å². The molecule has 1 aromatic carbocycles. The summed E-state index contributed by atoms with van der Waals surface area (Å²) in [7, 11) is -3.51. The maximum atomic E-state index is 13.1. The molecule has 8 nitrogen and oxygen atoms in total. The summed E-state index contributed by atoms with van der Waals surface area (Å²) in [6, 6.07) is 10.4. The Balaban J connectivity index is 1.69. The maximum absolute atomic E-state index is 13.1. The van der Waals surface area contributed by atoms with Crippen LogP contribution in [0.4, 0.5) is 5.69 Å². The number of carbonyl (C=O) groups excluding carboxylic acids is 2. The molecule has 0 atom stereocenters. The summed E-state index contributed by atoms with van der Waals surface area (Å²) >= 11 is 1.33. The van der Waals surface area contributed by atoms with Crippen molar-refractivity contribution >= 4 is 39.0 Å². The third-order valence-corrected chi connectivity index (χ3v) is 8.09. The number of thiophene rings is 1. The lowest BCUT2D eigenvalue weighted by Gasteiger charge is -2.36. The quantitative estimate of drug-likeness (QED) is 0.701. The number of hydrogen-bond donors (Lipinski definition) is 1. The van der Waals surface area contributed by atoms with Gasteiger partial charge in [-0.25, -0.2) is 0 Å². The molecule has 2 heterocycles. The SMILES string of the molecule is CCN(CC)S(=O)(=O)N1CCN(C(=O)c2ccccc2NC(=O)c2cccs2)CC1. The van der Waals surface area contributed by atoms with Gasteiger partial charge < -0.3 is 10.2 Å². The van der Waals surface area contributed by atoms with Gasteiger partial charge in [0.25, 0.3) is 22.0 Å². The number of carbonyl (C=O) groups is 2. The van der Waals surface area contributed by atoms with Crippen molar-refractivity contribution in [2.75, 3.05) is 44.6 Å². The van der Waals surface area contributed by atoms with Crippen LogP contribution >= 0.6 is 11.3 Å². The molecule has 30 heavy (non-hydrogen) atoms. The molecule has 0 radical (unpaired) electrons. The summed E-state index contributed by atoms with van der Waals surface area (Å²) in [6.07, 6.45) is 0. The van der Waals surface area contributed by atoms with E-state index in [1.807, 2.05) is 19.2 Å². The second kappa shape index (κ2) is 9.69. The summed E-state index contributed by atoms with van der Waals surface area (Å²) in [5.74, 6) is -0.489. The topological polar surface area (TPSA) is 90.0 Å². The van der Waals surface area contributed by atoms with Crippen LogP contribution in [0.2, 0.25) is 0 Å². The van der Waals surface area contributed by atoms with Crippen molar-refractivity contribution in [2.45, 2.75) is 13.8 Å². The first-order chi connectivity index (χ1) is 14.4. The molecule has 0 bridgehead atoms. The molecule has 1 fully saturated rings. The molecule has 0 spiro atoms. The van der Waals surface area contributed by atoms with Crippen LogP contribution in [0.25, 0.3) is 0 Å². The zero-order chi connectivity index (χ0) is 21.7. The summed E-state index contributed by atoms with van der Waals surface area (Å²) in [5, 5.41) is 4.62. The molecular weight excluding hydrogens is 424 g/mol. The minimum Gasteiger partial charge on any atom is -0.336 e. The average molecular weight is 451 g/mol. The Labute approximate surface area is 181 Å². The van der Waals surface area contributed by atoms with Gasteiger partial charge in [0.15, 0.2) is 0 Å². The van der Waals surface area contributed by atoms with Gasteiger partial charge in [-0.05, 0) is 23.6 Å². The molecule has 0 unspecified atom stereocenters. The third-order valence-electron chi connectivity index (χ3n) is 5.03. The van der Waals surface area contributed by atoms with Crippen molar-refractivity contribution in [3.63, 3.8) is 0 Å². The third kappa shape index (κ3) is 4.72. The standard InChI is InChI=1S/C20H26N4O4S2/c1-3-23(4-2)30(27,28)24-13-11-22(12-14-24)20(26)16-8-5-6-9-17(16)21-19(25)18-10-7-15-29-18/h5-10,15H,3-4,11-14H2,1-2H3,(H,21,25). The number of benzene rings is 1. The Bertz CT molecular complexity index is 980. The Morgan fingerprint density at radius 2 is 1.70 bits per heavy atom. The Hall–Kier alpha value is -2.27. The van der Waals surface area contributed by atoms with Crippen LogP contribution < -0.4 is 5.32 Å². The van der Waals surface area contributed by atoms with Gasteiger partial charge >= 0.3 is 0 Å². The van der Waals surface area contributed by atoms with Crippen LogP contribution in [-0.2, 0) is 10.2 Å². The van der Waals surface area contributed by atoms with Crippen LogP contribution in [0.5, 0.6) is 0 Å². The van der Waals surface area contributed by atoms with Crippen molar-refractivity contribution in [3.05, 3.63) is 52.2 Å². The van der Waals surface area contributed by atoms with Crippen LogP contribution in [0, 0.1) is 0 Å². The van der Waals surface area contributed by atoms with E-state index < -0.39 is 10.2 Å². The number of rotatable bonds is 7. The lowest BCUT2D eigenvalue weighted by molar-refractivity contribution is 0.0695. The highest BCUT2D eigenvalue weighted by atomic mass is 32.2. The maximum Gasteiger partial charge on any atom is 0.282 e. The highest BCUT2D eigenvalue weighted by Crippen LogP contribution is 2.21. The van der Waals surface area contributed by atoms with Crippen molar-refractivity contribution < 1.29 is 18.0 Å². The number of para-hydroxylation sites is 1. The van der Waals surface area contributed by atoms with Crippen LogP contribution in [0.3, 0.4) is 0 Å². The summed E-state index contributed by atoms with van der Waals surface area (Å²) < 4.78 is 28.2. The van der Waals surface area contributed by atoms with Gasteiger partial charge in [0.1, 0.15) is 0 Å². The number of hydrogen-bond acceptors (Lipinski definition) is 5. The molecular formula is C20H26N4O4S2. The van der Waals surface area contributed by atoms with Gasteiger partial charge in [-0.2, -0.15) is 17.0 Å². The van der Waals surface area contributed by atoms with Gasteiger partial charge in [0.2, 0.25) is 0 Å². The molecule has 2 aromatic rings. The van der Waals surface area contributed by atoms with E-state index in [-0.39, 0.29) is 24.9 Å². The molecule has 0 saturated carbocycles. The molecule has 1 aromatic heterocycles. The second-order valence-corrected chi connectivity index (χ2v) is 9.64. The molecule has 162 valence electrons. The van der Waals surface area contributed by atoms with E-state index in [1.54, 1.807) is 41.3 Å². The molecule has 3 rings (SSSR count). The first-order valence-corrected chi connectivity index (χ1v) is 12.1. The van der Waals surface area contributed by atoms with Crippen LogP contribution in [-0.4, -0.2) is 73.0 Å². The molecule has 0 aliphatic carbocycles. The number of anilines is 1. The van der Waals surface area contributed by atoms with Crippen LogP contribution in [0.1, 0.15) is 33.9 Å². The highest BCUT2D eigenvalue weighted by molar-refractivity contribution is 7.86. The van der Waals surface area contributed by atoms with Crippen molar-refractivity contribution in [2.24, 2.45) is 0 Å². The van der Waals surface area contributed by atoms with E-state index in [1.165, 1.54) is 19.9 Å². The number of piperazine rings is 1. The first-order valence-electron chi connectivity index (χ1n) is 9.86. The van der Waals surface area contributed by atoms with Gasteiger partial charge in [0.05, 0.1) is 16.1 Å². The monoisotopic (exact) mass is 450 g/mol. The summed E-state index contributed by atoms with van der Waals surface area (Å²) in [4.78, 5) is 27.7. The molecule has 1 aliphatic rings. The van der Waals surface area contributed by atoms with Gasteiger partial charge in [-0.3, -0.25) is 9.59 Å². The fourth-order valence-electron chi connectivity index (χ4n) is 3.38. The molecule has 10 heteroatoms. The van der Waals surface area contributed by atoms with E-state index >= 15 is 0 Å². The largest absolute Gasteiger partial charge is 0.336 e. The number of nitrogens with one attached hydrogen (secondary N) is 1. The molecule has 2 amide bonds. The van der Waals surface area contributed by atoms with E-state index in [0.29, 0.717) is 42.3 Å². The fraction of sp³-hybridized carbons (Fsp3) is 0.400. The Morgan fingerprint density at radius 1 is 1.03 bits per heavy atom. The molecule has 1 saturated heterocycles. The van der Waals surface area contributed by atoms with Crippen LogP contribution in [0.15, 0.2) is 41.8 Å². The Morgan fingerprint density at radius 3 is 2.30 bits per heavy atom. The zero-order valence-corrected chi connectivity index (χ0v) is 18.7. The van der Waals surface area contributed by atoms with Crippen molar-refractivity contribution in [1.29, 1.82) is 0 Å². The predicted octanol–water partition coefficient (Wildman–Crippen LogP) is 2.34. The molecule has 1 N–H and O–H groups in total. The normalized spacial score (nSPS) is 15.4. The summed E-state index contributed by atoms with van der Waals surface area (Å²) in [5.41, 5.74) is 0.835. The van der Waals surface area contributed by atoms with Crippen molar-refractivity contribution in [3.8, 4) is 0 Å². The highest BCUT2D eigenvalue weighted by Gasteiger charge is 2.32. The van der Waals surface area contributed by atoms with Gasteiger partial charge in [-0.1, -0.05) is 32.0 Å². The smallest absolute Gasteiger partial charge is 0.282 e. The average Bonchev–Trinajstić information content (AvgIpc) is 3.29. The first kappa shape index (κ1) is 22.4. The Kier molecular flexibility index (Phi) is 7.24. The fourth-order valence-corrected chi connectivity index (χ4v) is 5.60. The van der Waals surface area contributed by atoms with E-state index in [9.17, 15) is 18.0 Å². The molecule has 1 aliphatic heterocycles. The van der Waals surface area contributed by atoms with E-state index in [0.717, 1.165) is 0 Å². The van der Waals surface area contributed by atoms with Gasteiger partial charge in [-0.15, -0.1) is 11.3 Å². The van der Waals surface area contributed by atoms with Gasteiger partial charge in [0, 0.05) is 39.3 Å². The van der Waals surface area contributed by atoms with E-state index in [4.69, 9.17) is 0 Å². The lowest BCUT2D eigenvalue weighted by atomic mass is 10.1. The lowest BCUT2D eigenvalue weighted by Crippen LogP contribution is -2.54. The summed E-state index contributed by atoms with van der Waals surface area (Å²) in [6.45, 7) is 5.52. The minimum atomic E-state index is -3.51. The van der Waals surface area contributed by atoms with Crippen molar-refractivity contribution in [1.82, 2.24) is 13.5 Å². The second-order valence-electron chi connectivity index (χ2n) is 6.76. The zero-order valence-electron chi connectivity index (χ0n) is 17.1. The minimum absolute atomic E-state index is 0.225. The predicted molar refractivity (Wildman–Crippen MR) is 118 cm³/mol. The number of nitrogens with zero attached hydrogens (tertiary/aromatic N) is 3. The number of amides is 2.